The molecule has 0 atom stereocenters. The van der Waals surface area contributed by atoms with Crippen LogP contribution in [-0.4, -0.2) is 33.1 Å². The Labute approximate surface area is 197 Å². The fraction of sp³-hybridized carbons (Fsp3) is 0.167. The Morgan fingerprint density at radius 2 is 1.97 bits per heavy atom. The Balaban J connectivity index is 1.79. The molecule has 4 aromatic rings. The smallest absolute Gasteiger partial charge is 0.390 e. The zero-order chi connectivity index (χ0) is 24.5. The molecule has 0 aliphatic heterocycles. The molecule has 2 heterocycles. The van der Waals surface area contributed by atoms with Gasteiger partial charge in [-0.15, -0.1) is 0 Å². The van der Waals surface area contributed by atoms with Crippen molar-refractivity contribution in [1.29, 1.82) is 0 Å². The van der Waals surface area contributed by atoms with Crippen molar-refractivity contribution in [1.82, 2.24) is 9.38 Å². The number of fused-ring (bicyclic) bond motifs is 1. The molecule has 4 rings (SSSR count). The van der Waals surface area contributed by atoms with Gasteiger partial charge in [0.15, 0.2) is 5.65 Å². The van der Waals surface area contributed by atoms with Crippen LogP contribution < -0.4 is 11.1 Å². The summed E-state index contributed by atoms with van der Waals surface area (Å²) in [4.78, 5) is 17.3. The average Bonchev–Trinajstić information content (AvgIpc) is 3.18. The van der Waals surface area contributed by atoms with Gasteiger partial charge in [-0.3, -0.25) is 9.20 Å². The highest BCUT2D eigenvalue weighted by Crippen LogP contribution is 2.37. The quantitative estimate of drug-likeness (QED) is 0.315. The van der Waals surface area contributed by atoms with Crippen LogP contribution in [-0.2, 0) is 0 Å². The highest BCUT2D eigenvalue weighted by atomic mass is 32.2. The number of para-hydroxylation sites is 1. The number of hydrogen-bond acceptors (Lipinski definition) is 5. The maximum Gasteiger partial charge on any atom is 0.390 e. The van der Waals surface area contributed by atoms with Gasteiger partial charge in [0.25, 0.3) is 0 Å². The fourth-order valence-electron chi connectivity index (χ4n) is 3.57. The lowest BCUT2D eigenvalue weighted by atomic mass is 10.0. The Bertz CT molecular complexity index is 1370. The second-order valence-corrected chi connectivity index (χ2v) is 8.80. The molecule has 0 bridgehead atoms. The molecule has 0 spiro atoms. The number of hydrogen-bond donors (Lipinski definition) is 3. The molecule has 0 radical (unpaired) electrons. The number of nitrogens with one attached hydrogen (secondary N) is 1. The Morgan fingerprint density at radius 1 is 1.21 bits per heavy atom. The number of carbonyl (C=O) groups excluding carboxylic acids is 1. The van der Waals surface area contributed by atoms with E-state index < -0.39 is 18.5 Å². The fourth-order valence-corrected chi connectivity index (χ4v) is 4.48. The van der Waals surface area contributed by atoms with Crippen molar-refractivity contribution in [2.45, 2.75) is 29.3 Å². The molecule has 0 fully saturated rings. The van der Waals surface area contributed by atoms with Crippen LogP contribution in [0.2, 0.25) is 0 Å². The molecule has 0 unspecified atom stereocenters. The number of halogens is 3. The van der Waals surface area contributed by atoms with E-state index in [9.17, 15) is 23.1 Å². The van der Waals surface area contributed by atoms with Gasteiger partial charge >= 0.3 is 6.18 Å². The minimum atomic E-state index is -4.29. The molecule has 10 heteroatoms. The normalized spacial score (nSPS) is 11.6. The number of alkyl halides is 3. The predicted octanol–water partition coefficient (Wildman–Crippen LogP) is 5.63. The van der Waals surface area contributed by atoms with Gasteiger partial charge in [-0.05, 0) is 42.8 Å². The lowest BCUT2D eigenvalue weighted by Gasteiger charge is -2.13. The molecule has 0 saturated heterocycles. The van der Waals surface area contributed by atoms with Crippen LogP contribution in [0.3, 0.4) is 0 Å². The largest absolute Gasteiger partial charge is 0.507 e. The minimum Gasteiger partial charge on any atom is -0.507 e. The summed E-state index contributed by atoms with van der Waals surface area (Å²) in [6.07, 6.45) is -1.85. The van der Waals surface area contributed by atoms with Gasteiger partial charge in [0, 0.05) is 28.8 Å². The molecule has 1 amide bonds. The molecule has 0 aliphatic carbocycles. The summed E-state index contributed by atoms with van der Waals surface area (Å²) in [6, 6.07) is 13.7. The van der Waals surface area contributed by atoms with Crippen LogP contribution >= 0.6 is 11.8 Å². The first-order chi connectivity index (χ1) is 16.1. The number of phenolic OH excluding ortho intramolecular Hbond substituents is 1. The van der Waals surface area contributed by atoms with E-state index in [1.807, 2.05) is 6.07 Å². The van der Waals surface area contributed by atoms with Crippen LogP contribution in [0.1, 0.15) is 22.3 Å². The number of anilines is 1. The van der Waals surface area contributed by atoms with Crippen LogP contribution in [0, 0.1) is 6.92 Å². The standard InChI is InChI=1S/C24H21F3N4O2S/c1-14-10-15(6-7-17(14)22(28)33)19-12-30-23-18(29-9-8-24(25,26)27)11-16(13-31(19)23)34-21-5-3-2-4-20(21)32/h2-7,10-13,29,32H,8-9H2,1H3,(H2,28,33). The van der Waals surface area contributed by atoms with Crippen LogP contribution in [0.15, 0.2) is 70.7 Å². The second kappa shape index (κ2) is 9.30. The van der Waals surface area contributed by atoms with Crippen molar-refractivity contribution in [3.05, 3.63) is 72.1 Å². The SMILES string of the molecule is Cc1cc(-c2cnc3c(NCCC(F)(F)F)cc(Sc4ccccc4O)cn23)ccc1C(N)=O. The summed E-state index contributed by atoms with van der Waals surface area (Å²) < 4.78 is 39.9. The lowest BCUT2D eigenvalue weighted by molar-refractivity contribution is -0.131. The van der Waals surface area contributed by atoms with Gasteiger partial charge in [-0.25, -0.2) is 4.98 Å². The maximum atomic E-state index is 12.7. The summed E-state index contributed by atoms with van der Waals surface area (Å²) in [6.45, 7) is 1.47. The number of rotatable bonds is 7. The number of primary amides is 1. The van der Waals surface area contributed by atoms with E-state index in [2.05, 4.69) is 10.3 Å². The van der Waals surface area contributed by atoms with Gasteiger partial charge in [0.1, 0.15) is 5.75 Å². The minimum absolute atomic E-state index is 0.0997. The van der Waals surface area contributed by atoms with E-state index in [4.69, 9.17) is 5.73 Å². The Kier molecular flexibility index (Phi) is 6.43. The van der Waals surface area contributed by atoms with Crippen molar-refractivity contribution in [2.75, 3.05) is 11.9 Å². The van der Waals surface area contributed by atoms with E-state index in [0.29, 0.717) is 37.9 Å². The Hall–Kier alpha value is -3.66. The number of nitrogens with zero attached hydrogens (tertiary/aromatic N) is 2. The molecule has 0 saturated carbocycles. The van der Waals surface area contributed by atoms with Crippen molar-refractivity contribution < 1.29 is 23.1 Å². The lowest BCUT2D eigenvalue weighted by Crippen LogP contribution is -2.15. The molecule has 4 N–H and O–H groups in total. The number of amides is 1. The summed E-state index contributed by atoms with van der Waals surface area (Å²) in [7, 11) is 0. The van der Waals surface area contributed by atoms with E-state index in [1.165, 1.54) is 11.8 Å². The van der Waals surface area contributed by atoms with Crippen LogP contribution in [0.25, 0.3) is 16.9 Å². The first kappa shape index (κ1) is 23.5. The zero-order valence-electron chi connectivity index (χ0n) is 18.1. The number of carbonyl (C=O) groups is 1. The molecule has 2 aromatic heterocycles. The number of aromatic hydroxyl groups is 1. The Morgan fingerprint density at radius 3 is 2.65 bits per heavy atom. The van der Waals surface area contributed by atoms with Crippen LogP contribution in [0.4, 0.5) is 18.9 Å². The molecular weight excluding hydrogens is 465 g/mol. The van der Waals surface area contributed by atoms with Crippen LogP contribution in [0.5, 0.6) is 5.75 Å². The molecule has 2 aromatic carbocycles. The summed E-state index contributed by atoms with van der Waals surface area (Å²) in [5, 5.41) is 13.0. The third-order valence-electron chi connectivity index (χ3n) is 5.19. The van der Waals surface area contributed by atoms with E-state index in [-0.39, 0.29) is 12.3 Å². The summed E-state index contributed by atoms with van der Waals surface area (Å²) in [5.74, 6) is -0.428. The number of aryl methyl sites for hydroxylation is 1. The number of phenols is 1. The summed E-state index contributed by atoms with van der Waals surface area (Å²) in [5.41, 5.74) is 8.85. The van der Waals surface area contributed by atoms with Gasteiger partial charge < -0.3 is 16.2 Å². The molecule has 6 nitrogen and oxygen atoms in total. The summed E-state index contributed by atoms with van der Waals surface area (Å²) >= 11 is 1.28. The predicted molar refractivity (Wildman–Crippen MR) is 125 cm³/mol. The maximum absolute atomic E-state index is 12.7. The van der Waals surface area contributed by atoms with Crippen molar-refractivity contribution >= 4 is 29.0 Å². The second-order valence-electron chi connectivity index (χ2n) is 7.68. The number of pyridine rings is 1. The highest BCUT2D eigenvalue weighted by Gasteiger charge is 2.26. The van der Waals surface area contributed by atoms with E-state index >= 15 is 0 Å². The van der Waals surface area contributed by atoms with Gasteiger partial charge in [0.05, 0.1) is 28.9 Å². The topological polar surface area (TPSA) is 92.7 Å². The molecule has 34 heavy (non-hydrogen) atoms. The third kappa shape index (κ3) is 5.12. The first-order valence-electron chi connectivity index (χ1n) is 10.3. The zero-order valence-corrected chi connectivity index (χ0v) is 18.9. The van der Waals surface area contributed by atoms with Gasteiger partial charge in [-0.2, -0.15) is 13.2 Å². The van der Waals surface area contributed by atoms with Gasteiger partial charge in [-0.1, -0.05) is 30.0 Å². The van der Waals surface area contributed by atoms with E-state index in [1.54, 1.807) is 66.2 Å². The number of imidazole rings is 1. The van der Waals surface area contributed by atoms with Crippen molar-refractivity contribution in [3.8, 4) is 17.0 Å². The monoisotopic (exact) mass is 486 g/mol. The highest BCUT2D eigenvalue weighted by molar-refractivity contribution is 7.99. The first-order valence-corrected chi connectivity index (χ1v) is 11.1. The molecular formula is C24H21F3N4O2S. The van der Waals surface area contributed by atoms with Crippen molar-refractivity contribution in [3.63, 3.8) is 0 Å². The van der Waals surface area contributed by atoms with E-state index in [0.717, 1.165) is 5.56 Å². The van der Waals surface area contributed by atoms with Crippen molar-refractivity contribution in [2.24, 2.45) is 5.73 Å². The number of nitrogens with two attached hydrogens (primary N) is 1. The molecule has 176 valence electrons. The third-order valence-corrected chi connectivity index (χ3v) is 6.21. The number of aromatic nitrogens is 2. The van der Waals surface area contributed by atoms with Gasteiger partial charge in [0.2, 0.25) is 5.91 Å². The molecule has 0 aliphatic rings. The average molecular weight is 487 g/mol. The number of benzene rings is 2.